The fraction of sp³-hybridized carbons (Fsp3) is 0.231. The zero-order valence-corrected chi connectivity index (χ0v) is 10.2. The molecule has 1 heterocycles. The van der Waals surface area contributed by atoms with Gasteiger partial charge < -0.3 is 15.4 Å². The molecule has 18 heavy (non-hydrogen) atoms. The summed E-state index contributed by atoms with van der Waals surface area (Å²) in [5.41, 5.74) is 0.324. The monoisotopic (exact) mass is 246 g/mol. The Morgan fingerprint density at radius 1 is 1.17 bits per heavy atom. The minimum absolute atomic E-state index is 0.404. The molecule has 1 aromatic rings. The van der Waals surface area contributed by atoms with Crippen LogP contribution in [0.25, 0.3) is 0 Å². The second-order valence-electron chi connectivity index (χ2n) is 4.43. The fourth-order valence-corrected chi connectivity index (χ4v) is 1.62. The van der Waals surface area contributed by atoms with Gasteiger partial charge in [0.25, 0.3) is 0 Å². The molecule has 0 bridgehead atoms. The lowest BCUT2D eigenvalue weighted by Crippen LogP contribution is -2.37. The number of anilines is 1. The standard InChI is InChI=1S/C13H14N2O3/c1-13(2)10(8-11(16)18-13)15-12(17)14-9-6-4-3-5-7-9/h3-8H,1-2H3,(H2,14,15,17). The van der Waals surface area contributed by atoms with Gasteiger partial charge in [-0.3, -0.25) is 0 Å². The molecule has 5 heteroatoms. The number of hydrogen-bond donors (Lipinski definition) is 2. The Morgan fingerprint density at radius 3 is 2.39 bits per heavy atom. The number of esters is 1. The molecule has 94 valence electrons. The van der Waals surface area contributed by atoms with Crippen molar-refractivity contribution in [1.82, 2.24) is 5.32 Å². The van der Waals surface area contributed by atoms with Crippen LogP contribution in [0, 0.1) is 0 Å². The number of ether oxygens (including phenoxy) is 1. The predicted octanol–water partition coefficient (Wildman–Crippen LogP) is 2.03. The molecule has 0 aliphatic carbocycles. The normalized spacial score (nSPS) is 16.8. The molecule has 0 saturated carbocycles. The zero-order chi connectivity index (χ0) is 13.2. The Bertz CT molecular complexity index is 506. The molecule has 0 aromatic heterocycles. The van der Waals surface area contributed by atoms with Crippen molar-refractivity contribution in [3.63, 3.8) is 0 Å². The second kappa shape index (κ2) is 4.52. The summed E-state index contributed by atoms with van der Waals surface area (Å²) in [6.45, 7) is 3.43. The lowest BCUT2D eigenvalue weighted by atomic mass is 10.1. The smallest absolute Gasteiger partial charge is 0.333 e. The minimum Gasteiger partial charge on any atom is -0.450 e. The third-order valence-corrected chi connectivity index (χ3v) is 2.55. The van der Waals surface area contributed by atoms with E-state index in [1.165, 1.54) is 6.08 Å². The SMILES string of the molecule is CC1(C)OC(=O)C=C1NC(=O)Nc1ccccc1. The number of nitrogens with one attached hydrogen (secondary N) is 2. The number of hydrogen-bond acceptors (Lipinski definition) is 3. The van der Waals surface area contributed by atoms with Gasteiger partial charge in [0.1, 0.15) is 5.60 Å². The van der Waals surface area contributed by atoms with Crippen LogP contribution in [0.2, 0.25) is 0 Å². The van der Waals surface area contributed by atoms with Crippen molar-refractivity contribution in [2.75, 3.05) is 5.32 Å². The maximum Gasteiger partial charge on any atom is 0.333 e. The highest BCUT2D eigenvalue weighted by Crippen LogP contribution is 2.24. The van der Waals surface area contributed by atoms with Crippen molar-refractivity contribution in [2.45, 2.75) is 19.4 Å². The molecule has 0 radical (unpaired) electrons. The Morgan fingerprint density at radius 2 is 1.83 bits per heavy atom. The number of para-hydroxylation sites is 1. The van der Waals surface area contributed by atoms with Crippen molar-refractivity contribution in [3.8, 4) is 0 Å². The van der Waals surface area contributed by atoms with Gasteiger partial charge in [0, 0.05) is 11.8 Å². The summed E-state index contributed by atoms with van der Waals surface area (Å²) < 4.78 is 5.04. The first-order chi connectivity index (χ1) is 8.47. The van der Waals surface area contributed by atoms with E-state index in [4.69, 9.17) is 4.74 Å². The second-order valence-corrected chi connectivity index (χ2v) is 4.43. The molecule has 0 atom stereocenters. The van der Waals surface area contributed by atoms with E-state index in [0.717, 1.165) is 0 Å². The number of benzene rings is 1. The van der Waals surface area contributed by atoms with Gasteiger partial charge in [-0.2, -0.15) is 0 Å². The van der Waals surface area contributed by atoms with Gasteiger partial charge in [0.05, 0.1) is 5.70 Å². The number of carbonyl (C=O) groups excluding carboxylic acids is 2. The van der Waals surface area contributed by atoms with Crippen molar-refractivity contribution in [3.05, 3.63) is 42.1 Å². The molecular formula is C13H14N2O3. The van der Waals surface area contributed by atoms with E-state index in [-0.39, 0.29) is 0 Å². The third kappa shape index (κ3) is 2.68. The number of rotatable bonds is 2. The van der Waals surface area contributed by atoms with Crippen LogP contribution in [-0.4, -0.2) is 17.6 Å². The molecule has 2 N–H and O–H groups in total. The van der Waals surface area contributed by atoms with Crippen LogP contribution in [0.1, 0.15) is 13.8 Å². The Balaban J connectivity index is 2.00. The quantitative estimate of drug-likeness (QED) is 0.784. The van der Waals surface area contributed by atoms with E-state index in [2.05, 4.69) is 10.6 Å². The van der Waals surface area contributed by atoms with Crippen molar-refractivity contribution >= 4 is 17.7 Å². The first-order valence-corrected chi connectivity index (χ1v) is 5.55. The molecule has 5 nitrogen and oxygen atoms in total. The highest BCUT2D eigenvalue weighted by molar-refractivity contribution is 5.93. The maximum absolute atomic E-state index is 11.7. The van der Waals surface area contributed by atoms with Crippen molar-refractivity contribution in [2.24, 2.45) is 0 Å². The molecule has 1 aliphatic heterocycles. The van der Waals surface area contributed by atoms with E-state index >= 15 is 0 Å². The zero-order valence-electron chi connectivity index (χ0n) is 10.2. The number of urea groups is 1. The van der Waals surface area contributed by atoms with E-state index in [1.54, 1.807) is 26.0 Å². The highest BCUT2D eigenvalue weighted by Gasteiger charge is 2.35. The van der Waals surface area contributed by atoms with Gasteiger partial charge in [-0.25, -0.2) is 9.59 Å². The molecule has 1 aliphatic rings. The van der Waals surface area contributed by atoms with Crippen LogP contribution < -0.4 is 10.6 Å². The maximum atomic E-state index is 11.7. The molecule has 1 aromatic carbocycles. The lowest BCUT2D eigenvalue weighted by Gasteiger charge is -2.21. The van der Waals surface area contributed by atoms with E-state index in [0.29, 0.717) is 11.4 Å². The van der Waals surface area contributed by atoms with Crippen molar-refractivity contribution < 1.29 is 14.3 Å². The average Bonchev–Trinajstić information content (AvgIpc) is 2.52. The van der Waals surface area contributed by atoms with Crippen LogP contribution in [0.3, 0.4) is 0 Å². The van der Waals surface area contributed by atoms with Crippen LogP contribution >= 0.6 is 0 Å². The summed E-state index contributed by atoms with van der Waals surface area (Å²) >= 11 is 0. The highest BCUT2D eigenvalue weighted by atomic mass is 16.6. The number of amides is 2. The largest absolute Gasteiger partial charge is 0.450 e. The van der Waals surface area contributed by atoms with Gasteiger partial charge in [-0.15, -0.1) is 0 Å². The Hall–Kier alpha value is -2.30. The van der Waals surface area contributed by atoms with Gasteiger partial charge in [0.15, 0.2) is 0 Å². The summed E-state index contributed by atoms with van der Waals surface area (Å²) in [6.07, 6.45) is 1.28. The first-order valence-electron chi connectivity index (χ1n) is 5.55. The van der Waals surface area contributed by atoms with Gasteiger partial charge in [-0.05, 0) is 26.0 Å². The number of cyclic esters (lactones) is 1. The van der Waals surface area contributed by atoms with Crippen LogP contribution in [0.15, 0.2) is 42.1 Å². The summed E-state index contributed by atoms with van der Waals surface area (Å²) in [5.74, 6) is -0.449. The fourth-order valence-electron chi connectivity index (χ4n) is 1.62. The van der Waals surface area contributed by atoms with E-state index in [9.17, 15) is 9.59 Å². The summed E-state index contributed by atoms with van der Waals surface area (Å²) in [5, 5.41) is 5.28. The predicted molar refractivity (Wildman–Crippen MR) is 66.9 cm³/mol. The average molecular weight is 246 g/mol. The summed E-state index contributed by atoms with van der Waals surface area (Å²) in [4.78, 5) is 22.9. The number of carbonyl (C=O) groups is 2. The Labute approximate surface area is 105 Å². The van der Waals surface area contributed by atoms with E-state index < -0.39 is 17.6 Å². The van der Waals surface area contributed by atoms with Gasteiger partial charge in [0.2, 0.25) is 0 Å². The summed E-state index contributed by atoms with van der Waals surface area (Å²) in [6, 6.07) is 8.64. The third-order valence-electron chi connectivity index (χ3n) is 2.55. The lowest BCUT2D eigenvalue weighted by molar-refractivity contribution is -0.143. The van der Waals surface area contributed by atoms with Crippen LogP contribution in [0.5, 0.6) is 0 Å². The first kappa shape index (κ1) is 12.2. The molecule has 0 fully saturated rings. The molecular weight excluding hydrogens is 232 g/mol. The topological polar surface area (TPSA) is 67.4 Å². The minimum atomic E-state index is -0.800. The molecule has 0 unspecified atom stereocenters. The van der Waals surface area contributed by atoms with Crippen LogP contribution in [0.4, 0.5) is 10.5 Å². The van der Waals surface area contributed by atoms with Crippen LogP contribution in [-0.2, 0) is 9.53 Å². The van der Waals surface area contributed by atoms with Crippen molar-refractivity contribution in [1.29, 1.82) is 0 Å². The van der Waals surface area contributed by atoms with Gasteiger partial charge in [-0.1, -0.05) is 18.2 Å². The molecule has 2 amide bonds. The molecule has 0 saturated heterocycles. The summed E-state index contributed by atoms with van der Waals surface area (Å²) in [7, 11) is 0. The van der Waals surface area contributed by atoms with E-state index in [1.807, 2.05) is 18.2 Å². The molecule has 0 spiro atoms. The Kier molecular flexibility index (Phi) is 3.06. The molecule has 2 rings (SSSR count). The van der Waals surface area contributed by atoms with Gasteiger partial charge >= 0.3 is 12.0 Å².